The predicted molar refractivity (Wildman–Crippen MR) is 106 cm³/mol. The highest BCUT2D eigenvalue weighted by Gasteiger charge is 2.55. The number of carboxylic acids is 1. The number of oxime groups is 1. The molecule has 0 radical (unpaired) electrons. The van der Waals surface area contributed by atoms with Crippen molar-refractivity contribution in [1.82, 2.24) is 15.2 Å². The fourth-order valence-electron chi connectivity index (χ4n) is 2.74. The minimum Gasteiger partial charge on any atom is -0.476 e. The van der Waals surface area contributed by atoms with Crippen molar-refractivity contribution in [2.45, 2.75) is 11.4 Å². The summed E-state index contributed by atoms with van der Waals surface area (Å²) in [6, 6.07) is -1.07. The van der Waals surface area contributed by atoms with Crippen LogP contribution in [0.3, 0.4) is 0 Å². The molecule has 0 saturated carbocycles. The van der Waals surface area contributed by atoms with E-state index in [9.17, 15) is 27.9 Å². The lowest BCUT2D eigenvalue weighted by Gasteiger charge is -2.48. The zero-order valence-electron chi connectivity index (χ0n) is 15.4. The number of fused-ring (bicyclic) bond motifs is 1. The molecule has 2 aliphatic rings. The van der Waals surface area contributed by atoms with E-state index in [-0.39, 0.29) is 28.0 Å². The third-order valence-electron chi connectivity index (χ3n) is 3.84. The number of nitrogen functional groups attached to an aromatic ring is 1. The summed E-state index contributed by atoms with van der Waals surface area (Å²) in [4.78, 5) is 46.3. The highest BCUT2D eigenvalue weighted by molar-refractivity contribution is 8.00. The number of thiazole rings is 1. The Morgan fingerprint density at radius 3 is 2.70 bits per heavy atom. The van der Waals surface area contributed by atoms with Gasteiger partial charge < -0.3 is 25.2 Å². The van der Waals surface area contributed by atoms with E-state index in [1.54, 1.807) is 0 Å². The lowest BCUT2D eigenvalue weighted by atomic mass is 10.0. The fraction of sp³-hybridized carbons (Fsp3) is 0.357. The van der Waals surface area contributed by atoms with Crippen LogP contribution in [0.4, 0.5) is 5.13 Å². The molecule has 2 atom stereocenters. The third kappa shape index (κ3) is 4.19. The summed E-state index contributed by atoms with van der Waals surface area (Å²) in [7, 11) is -2.77. The lowest BCUT2D eigenvalue weighted by Crippen LogP contribution is -2.71. The van der Waals surface area contributed by atoms with Gasteiger partial charge in [0, 0.05) is 5.38 Å². The number of aliphatic carboxylic acids is 1. The van der Waals surface area contributed by atoms with E-state index in [1.807, 2.05) is 0 Å². The zero-order valence-corrected chi connectivity index (χ0v) is 17.8. The molecular formula is C14H15N5O8S3. The van der Waals surface area contributed by atoms with Crippen molar-refractivity contribution in [3.05, 3.63) is 22.5 Å². The van der Waals surface area contributed by atoms with E-state index in [4.69, 9.17) is 9.92 Å². The minimum absolute atomic E-state index is 0.128. The molecule has 3 heterocycles. The lowest BCUT2D eigenvalue weighted by molar-refractivity contribution is -0.150. The van der Waals surface area contributed by atoms with Crippen LogP contribution in [0.5, 0.6) is 0 Å². The second-order valence-corrected chi connectivity index (χ2v) is 9.49. The quantitative estimate of drug-likeness (QED) is 0.184. The standard InChI is InChI=1S/C14H15N5O8S3/c1-26-18-7(5-3-29-14(15)16-5)10(20)17-8-11(21)19-9(13(22)23)6(4-28-12(8)19)27-30(2,24)25/h3,8,12H,4H2,1-2H3,(H2,15,16)(H,17,20)(H,22,23)/b18-7-. The number of thioether (sulfide) groups is 1. The van der Waals surface area contributed by atoms with E-state index in [0.29, 0.717) is 0 Å². The van der Waals surface area contributed by atoms with E-state index < -0.39 is 45.0 Å². The Morgan fingerprint density at radius 2 is 2.17 bits per heavy atom. The molecule has 1 fully saturated rings. The molecule has 1 aromatic heterocycles. The molecule has 0 spiro atoms. The molecule has 2 amide bonds. The first-order valence-electron chi connectivity index (χ1n) is 7.97. The van der Waals surface area contributed by atoms with Crippen molar-refractivity contribution in [2.75, 3.05) is 24.9 Å². The molecule has 162 valence electrons. The van der Waals surface area contributed by atoms with Crippen molar-refractivity contribution in [1.29, 1.82) is 0 Å². The molecule has 3 rings (SSSR count). The molecule has 2 aliphatic heterocycles. The summed E-state index contributed by atoms with van der Waals surface area (Å²) in [5, 5.41) is 16.4. The Kier molecular flexibility index (Phi) is 5.91. The van der Waals surface area contributed by atoms with Gasteiger partial charge in [-0.3, -0.25) is 14.5 Å². The van der Waals surface area contributed by atoms with Crippen LogP contribution in [0, 0.1) is 0 Å². The van der Waals surface area contributed by atoms with Gasteiger partial charge in [-0.15, -0.1) is 23.1 Å². The van der Waals surface area contributed by atoms with Crippen LogP contribution < -0.4 is 11.1 Å². The predicted octanol–water partition coefficient (Wildman–Crippen LogP) is -1.25. The number of aromatic nitrogens is 1. The summed E-state index contributed by atoms with van der Waals surface area (Å²) in [5.74, 6) is -3.56. The average molecular weight is 478 g/mol. The highest BCUT2D eigenvalue weighted by atomic mass is 32.2. The normalized spacial score (nSPS) is 21.6. The van der Waals surface area contributed by atoms with Crippen LogP contribution in [0.2, 0.25) is 0 Å². The van der Waals surface area contributed by atoms with E-state index >= 15 is 0 Å². The summed E-state index contributed by atoms with van der Waals surface area (Å²) in [6.07, 6.45) is 0.763. The van der Waals surface area contributed by atoms with Crippen molar-refractivity contribution >= 4 is 61.8 Å². The molecule has 13 nitrogen and oxygen atoms in total. The molecule has 30 heavy (non-hydrogen) atoms. The van der Waals surface area contributed by atoms with Gasteiger partial charge >= 0.3 is 16.1 Å². The van der Waals surface area contributed by atoms with Crippen LogP contribution in [0.15, 0.2) is 22.0 Å². The molecular weight excluding hydrogens is 462 g/mol. The minimum atomic E-state index is -3.99. The molecule has 4 N–H and O–H groups in total. The number of carbonyl (C=O) groups excluding carboxylic acids is 2. The average Bonchev–Trinajstić information content (AvgIpc) is 3.08. The van der Waals surface area contributed by atoms with Crippen LogP contribution in [0.25, 0.3) is 0 Å². The molecule has 1 aromatic rings. The Hall–Kier alpha value is -2.85. The van der Waals surface area contributed by atoms with Gasteiger partial charge in [-0.2, -0.15) is 8.42 Å². The first-order chi connectivity index (χ1) is 14.0. The number of rotatable bonds is 7. The summed E-state index contributed by atoms with van der Waals surface area (Å²) in [5.41, 5.74) is 4.91. The van der Waals surface area contributed by atoms with Gasteiger partial charge in [0.1, 0.15) is 24.2 Å². The van der Waals surface area contributed by atoms with Gasteiger partial charge in [-0.25, -0.2) is 9.78 Å². The topological polar surface area (TPSA) is 191 Å². The van der Waals surface area contributed by atoms with Gasteiger partial charge in [-0.1, -0.05) is 5.16 Å². The number of nitrogens with zero attached hydrogens (tertiary/aromatic N) is 3. The van der Waals surface area contributed by atoms with E-state index in [0.717, 1.165) is 34.3 Å². The van der Waals surface area contributed by atoms with Gasteiger partial charge in [-0.05, 0) is 0 Å². The second kappa shape index (κ2) is 8.11. The highest BCUT2D eigenvalue weighted by Crippen LogP contribution is 2.41. The molecule has 2 unspecified atom stereocenters. The van der Waals surface area contributed by atoms with Crippen LogP contribution in [0.1, 0.15) is 5.69 Å². The number of nitrogens with one attached hydrogen (secondary N) is 1. The number of β-lactam (4-membered cyclic amide) rings is 1. The monoisotopic (exact) mass is 477 g/mol. The molecule has 0 bridgehead atoms. The summed E-state index contributed by atoms with van der Waals surface area (Å²) >= 11 is 2.11. The Morgan fingerprint density at radius 1 is 1.47 bits per heavy atom. The largest absolute Gasteiger partial charge is 0.476 e. The first-order valence-corrected chi connectivity index (χ1v) is 11.7. The Balaban J connectivity index is 1.82. The van der Waals surface area contributed by atoms with E-state index in [1.165, 1.54) is 12.5 Å². The molecule has 0 aliphatic carbocycles. The molecule has 16 heteroatoms. The number of anilines is 1. The van der Waals surface area contributed by atoms with Gasteiger partial charge in [0.05, 0.1) is 12.0 Å². The number of hydrogen-bond acceptors (Lipinski definition) is 12. The van der Waals surface area contributed by atoms with Gasteiger partial charge in [0.25, 0.3) is 11.8 Å². The maximum absolute atomic E-state index is 12.6. The maximum atomic E-state index is 12.6. The van der Waals surface area contributed by atoms with Crippen molar-refractivity contribution in [2.24, 2.45) is 5.16 Å². The van der Waals surface area contributed by atoms with E-state index in [2.05, 4.69) is 20.3 Å². The number of carbonyl (C=O) groups is 3. The fourth-order valence-corrected chi connectivity index (χ4v) is 5.12. The zero-order chi connectivity index (χ0) is 22.2. The number of hydrogen-bond donors (Lipinski definition) is 3. The van der Waals surface area contributed by atoms with Crippen LogP contribution in [-0.4, -0.2) is 77.4 Å². The summed E-state index contributed by atoms with van der Waals surface area (Å²) < 4.78 is 27.5. The SMILES string of the molecule is CO/N=C(\C(=O)NC1C(=O)N2C(C(=O)O)=C(OS(C)(=O)=O)CSC12)c1csc(N)n1. The Labute approximate surface area is 178 Å². The number of carboxylic acid groups (broad SMARTS) is 1. The van der Waals surface area contributed by atoms with Crippen LogP contribution in [-0.2, 0) is 33.5 Å². The van der Waals surface area contributed by atoms with Crippen LogP contribution >= 0.6 is 23.1 Å². The van der Waals surface area contributed by atoms with Crippen molar-refractivity contribution in [3.63, 3.8) is 0 Å². The first kappa shape index (κ1) is 21.8. The Bertz CT molecular complexity index is 1080. The second-order valence-electron chi connectivity index (χ2n) is 5.92. The maximum Gasteiger partial charge on any atom is 0.356 e. The molecule has 0 aromatic carbocycles. The number of nitrogens with two attached hydrogens (primary N) is 1. The van der Waals surface area contributed by atoms with Gasteiger partial charge in [0.15, 0.2) is 22.3 Å². The summed E-state index contributed by atoms with van der Waals surface area (Å²) in [6.45, 7) is 0. The van der Waals surface area contributed by atoms with Gasteiger partial charge in [0.2, 0.25) is 0 Å². The van der Waals surface area contributed by atoms with Crippen molar-refractivity contribution in [3.8, 4) is 0 Å². The van der Waals surface area contributed by atoms with Crippen molar-refractivity contribution < 1.29 is 36.9 Å². The smallest absolute Gasteiger partial charge is 0.356 e. The number of amides is 2. The third-order valence-corrected chi connectivity index (χ3v) is 6.27. The molecule has 1 saturated heterocycles.